The van der Waals surface area contributed by atoms with Crippen LogP contribution in [-0.4, -0.2) is 17.1 Å². The summed E-state index contributed by atoms with van der Waals surface area (Å²) in [6.07, 6.45) is 3.43. The fourth-order valence-electron chi connectivity index (χ4n) is 1.58. The fraction of sp³-hybridized carbons (Fsp3) is 0.143. The molecular weight excluding hydrogens is 260 g/mol. The van der Waals surface area contributed by atoms with Gasteiger partial charge < -0.3 is 10.3 Å². The lowest BCUT2D eigenvalue weighted by Gasteiger charge is -2.05. The summed E-state index contributed by atoms with van der Waals surface area (Å²) in [5, 5.41) is 2.80. The molecule has 4 nitrogen and oxygen atoms in total. The van der Waals surface area contributed by atoms with E-state index in [2.05, 4.69) is 10.3 Å². The Labute approximate surface area is 115 Å². The maximum atomic E-state index is 11.8. The van der Waals surface area contributed by atoms with Crippen LogP contribution in [0.25, 0.3) is 0 Å². The van der Waals surface area contributed by atoms with Crippen molar-refractivity contribution in [3.8, 4) is 0 Å². The van der Waals surface area contributed by atoms with E-state index in [1.54, 1.807) is 11.8 Å². The fourth-order valence-corrected chi connectivity index (χ4v) is 1.99. The van der Waals surface area contributed by atoms with Gasteiger partial charge in [-0.3, -0.25) is 9.59 Å². The Morgan fingerprint density at radius 1 is 1.21 bits per heavy atom. The van der Waals surface area contributed by atoms with Gasteiger partial charge in [-0.25, -0.2) is 0 Å². The summed E-state index contributed by atoms with van der Waals surface area (Å²) in [5.74, 6) is -0.204. The van der Waals surface area contributed by atoms with Crippen molar-refractivity contribution in [1.29, 1.82) is 0 Å². The van der Waals surface area contributed by atoms with E-state index >= 15 is 0 Å². The third-order valence-electron chi connectivity index (χ3n) is 2.66. The highest BCUT2D eigenvalue weighted by atomic mass is 32.2. The number of amides is 1. The number of thioether (sulfide) groups is 1. The third-order valence-corrected chi connectivity index (χ3v) is 3.40. The number of hydrogen-bond donors (Lipinski definition) is 2. The molecule has 1 aromatic carbocycles. The average molecular weight is 274 g/mol. The van der Waals surface area contributed by atoms with E-state index in [-0.39, 0.29) is 11.5 Å². The molecule has 1 amide bonds. The van der Waals surface area contributed by atoms with E-state index < -0.39 is 0 Å². The minimum absolute atomic E-state index is 0.204. The molecule has 0 aliphatic carbocycles. The summed E-state index contributed by atoms with van der Waals surface area (Å²) in [6, 6.07) is 10.9. The van der Waals surface area contributed by atoms with E-state index in [1.165, 1.54) is 23.2 Å². The molecule has 0 aliphatic heterocycles. The molecule has 0 aliphatic rings. The normalized spacial score (nSPS) is 10.2. The van der Waals surface area contributed by atoms with Crippen LogP contribution in [0.3, 0.4) is 0 Å². The standard InChI is InChI=1S/C14H14N2O2S/c1-19-12-5-2-10(3-6-12)8-16-14(18)11-4-7-13(17)15-9-11/h2-7,9H,8H2,1H3,(H,15,17)(H,16,18). The molecule has 19 heavy (non-hydrogen) atoms. The second kappa shape index (κ2) is 6.24. The highest BCUT2D eigenvalue weighted by Gasteiger charge is 2.04. The zero-order valence-electron chi connectivity index (χ0n) is 10.5. The van der Waals surface area contributed by atoms with Crippen molar-refractivity contribution >= 4 is 17.7 Å². The molecule has 1 aromatic heterocycles. The monoisotopic (exact) mass is 274 g/mol. The summed E-state index contributed by atoms with van der Waals surface area (Å²) in [5.41, 5.74) is 1.26. The highest BCUT2D eigenvalue weighted by molar-refractivity contribution is 7.98. The van der Waals surface area contributed by atoms with Crippen molar-refractivity contribution in [3.63, 3.8) is 0 Å². The Hall–Kier alpha value is -2.01. The van der Waals surface area contributed by atoms with Crippen molar-refractivity contribution < 1.29 is 4.79 Å². The second-order valence-corrected chi connectivity index (χ2v) is 4.85. The minimum Gasteiger partial charge on any atom is -0.348 e. The van der Waals surface area contributed by atoms with Gasteiger partial charge in [0.1, 0.15) is 0 Å². The van der Waals surface area contributed by atoms with Gasteiger partial charge in [0.15, 0.2) is 0 Å². The van der Waals surface area contributed by atoms with Gasteiger partial charge in [0.25, 0.3) is 5.91 Å². The topological polar surface area (TPSA) is 62.0 Å². The summed E-state index contributed by atoms with van der Waals surface area (Å²) >= 11 is 1.68. The smallest absolute Gasteiger partial charge is 0.253 e. The number of aromatic nitrogens is 1. The summed E-state index contributed by atoms with van der Waals surface area (Å²) in [7, 11) is 0. The molecule has 0 fully saturated rings. The van der Waals surface area contributed by atoms with Crippen LogP contribution in [0.15, 0.2) is 52.3 Å². The SMILES string of the molecule is CSc1ccc(CNC(=O)c2ccc(=O)[nH]c2)cc1. The predicted octanol–water partition coefficient (Wildman–Crippen LogP) is 2.03. The Morgan fingerprint density at radius 2 is 1.95 bits per heavy atom. The van der Waals surface area contributed by atoms with E-state index in [0.29, 0.717) is 12.1 Å². The molecule has 0 spiro atoms. The van der Waals surface area contributed by atoms with E-state index in [0.717, 1.165) is 5.56 Å². The molecule has 0 saturated heterocycles. The van der Waals surface area contributed by atoms with Crippen LogP contribution in [0.1, 0.15) is 15.9 Å². The van der Waals surface area contributed by atoms with Crippen molar-refractivity contribution in [2.24, 2.45) is 0 Å². The number of H-pyrrole nitrogens is 1. The van der Waals surface area contributed by atoms with Gasteiger partial charge in [-0.1, -0.05) is 12.1 Å². The first-order valence-electron chi connectivity index (χ1n) is 5.79. The Kier molecular flexibility index (Phi) is 4.41. The number of carbonyl (C=O) groups is 1. The zero-order valence-corrected chi connectivity index (χ0v) is 11.3. The summed E-state index contributed by atoms with van der Waals surface area (Å²) < 4.78 is 0. The molecule has 5 heteroatoms. The maximum absolute atomic E-state index is 11.8. The van der Waals surface area contributed by atoms with E-state index in [4.69, 9.17) is 0 Å². The number of rotatable bonds is 4. The molecule has 98 valence electrons. The largest absolute Gasteiger partial charge is 0.348 e. The lowest BCUT2D eigenvalue weighted by atomic mass is 10.2. The molecule has 0 atom stereocenters. The molecule has 2 aromatic rings. The van der Waals surface area contributed by atoms with Gasteiger partial charge in [-0.2, -0.15) is 0 Å². The van der Waals surface area contributed by atoms with E-state index in [1.807, 2.05) is 30.5 Å². The molecule has 2 rings (SSSR count). The first kappa shape index (κ1) is 13.4. The lowest BCUT2D eigenvalue weighted by Crippen LogP contribution is -2.23. The summed E-state index contributed by atoms with van der Waals surface area (Å²) in [6.45, 7) is 0.465. The van der Waals surface area contributed by atoms with Gasteiger partial charge in [0.05, 0.1) is 5.56 Å². The number of benzene rings is 1. The summed E-state index contributed by atoms with van der Waals surface area (Å²) in [4.78, 5) is 26.4. The van der Waals surface area contributed by atoms with Crippen molar-refractivity contribution in [2.45, 2.75) is 11.4 Å². The quantitative estimate of drug-likeness (QED) is 0.839. The van der Waals surface area contributed by atoms with Crippen LogP contribution in [0.2, 0.25) is 0 Å². The molecule has 0 unspecified atom stereocenters. The van der Waals surface area contributed by atoms with Gasteiger partial charge in [-0.15, -0.1) is 11.8 Å². The lowest BCUT2D eigenvalue weighted by molar-refractivity contribution is 0.0950. The second-order valence-electron chi connectivity index (χ2n) is 3.97. The minimum atomic E-state index is -0.218. The van der Waals surface area contributed by atoms with E-state index in [9.17, 15) is 9.59 Å². The number of pyridine rings is 1. The first-order valence-corrected chi connectivity index (χ1v) is 7.01. The predicted molar refractivity (Wildman–Crippen MR) is 76.5 cm³/mol. The Bertz CT molecular complexity index is 600. The highest BCUT2D eigenvalue weighted by Crippen LogP contribution is 2.14. The molecule has 0 radical (unpaired) electrons. The van der Waals surface area contributed by atoms with Gasteiger partial charge in [-0.05, 0) is 30.0 Å². The Balaban J connectivity index is 1.96. The van der Waals surface area contributed by atoms with Crippen LogP contribution >= 0.6 is 11.8 Å². The van der Waals surface area contributed by atoms with Crippen LogP contribution < -0.4 is 10.9 Å². The van der Waals surface area contributed by atoms with Crippen molar-refractivity contribution in [2.75, 3.05) is 6.26 Å². The van der Waals surface area contributed by atoms with Crippen molar-refractivity contribution in [3.05, 3.63) is 64.1 Å². The molecular formula is C14H14N2O2S. The van der Waals surface area contributed by atoms with Gasteiger partial charge in [0, 0.05) is 23.7 Å². The zero-order chi connectivity index (χ0) is 13.7. The van der Waals surface area contributed by atoms with Crippen LogP contribution in [0, 0.1) is 0 Å². The molecule has 1 heterocycles. The molecule has 0 saturated carbocycles. The van der Waals surface area contributed by atoms with Crippen LogP contribution in [0.5, 0.6) is 0 Å². The molecule has 0 bridgehead atoms. The number of carbonyl (C=O) groups excluding carboxylic acids is 1. The van der Waals surface area contributed by atoms with Crippen molar-refractivity contribution in [1.82, 2.24) is 10.3 Å². The van der Waals surface area contributed by atoms with Crippen LogP contribution in [0.4, 0.5) is 0 Å². The number of nitrogens with one attached hydrogen (secondary N) is 2. The number of hydrogen-bond acceptors (Lipinski definition) is 3. The maximum Gasteiger partial charge on any atom is 0.253 e. The van der Waals surface area contributed by atoms with Crippen LogP contribution in [-0.2, 0) is 6.54 Å². The van der Waals surface area contributed by atoms with Gasteiger partial charge >= 0.3 is 0 Å². The Morgan fingerprint density at radius 3 is 2.53 bits per heavy atom. The number of aromatic amines is 1. The third kappa shape index (κ3) is 3.72. The van der Waals surface area contributed by atoms with Gasteiger partial charge in [0.2, 0.25) is 5.56 Å². The first-order chi connectivity index (χ1) is 9.19. The average Bonchev–Trinajstić information content (AvgIpc) is 2.46. The molecule has 2 N–H and O–H groups in total.